The predicted molar refractivity (Wildman–Crippen MR) is 90.2 cm³/mol. The molecular formula is C19H21N3O. The molecule has 0 spiro atoms. The molecule has 4 rings (SSSR count). The number of aromatic nitrogens is 2. The van der Waals surface area contributed by atoms with Crippen LogP contribution in [0.1, 0.15) is 23.3 Å². The van der Waals surface area contributed by atoms with Crippen LogP contribution in [0.4, 0.5) is 0 Å². The van der Waals surface area contributed by atoms with Crippen molar-refractivity contribution in [1.29, 1.82) is 0 Å². The third-order valence-electron chi connectivity index (χ3n) is 4.49. The minimum atomic E-state index is 0.490. The molecule has 0 unspecified atom stereocenters. The molecule has 2 aromatic heterocycles. The monoisotopic (exact) mass is 307 g/mol. The van der Waals surface area contributed by atoms with E-state index in [1.54, 1.807) is 0 Å². The van der Waals surface area contributed by atoms with Gasteiger partial charge in [0, 0.05) is 30.5 Å². The Morgan fingerprint density at radius 3 is 2.57 bits per heavy atom. The van der Waals surface area contributed by atoms with Gasteiger partial charge in [-0.1, -0.05) is 30.3 Å². The van der Waals surface area contributed by atoms with Crippen molar-refractivity contribution in [1.82, 2.24) is 14.5 Å². The Morgan fingerprint density at radius 1 is 1.09 bits per heavy atom. The molecule has 0 bridgehead atoms. The fraction of sp³-hybridized carbons (Fsp3) is 0.316. The third kappa shape index (κ3) is 2.70. The Hall–Kier alpha value is -2.33. The van der Waals surface area contributed by atoms with E-state index in [-0.39, 0.29) is 0 Å². The highest BCUT2D eigenvalue weighted by molar-refractivity contribution is 5.56. The van der Waals surface area contributed by atoms with Crippen molar-refractivity contribution in [2.45, 2.75) is 26.4 Å². The number of hydrogen-bond acceptors (Lipinski definition) is 3. The molecule has 1 aliphatic rings. The molecule has 0 N–H and O–H groups in total. The Balaban J connectivity index is 1.49. The van der Waals surface area contributed by atoms with Crippen LogP contribution >= 0.6 is 0 Å². The van der Waals surface area contributed by atoms with E-state index >= 15 is 0 Å². The molecule has 0 aliphatic carbocycles. The van der Waals surface area contributed by atoms with E-state index in [1.165, 1.54) is 11.3 Å². The van der Waals surface area contributed by atoms with E-state index in [0.29, 0.717) is 6.04 Å². The topological polar surface area (TPSA) is 34.2 Å². The summed E-state index contributed by atoms with van der Waals surface area (Å²) in [5.41, 5.74) is 2.41. The van der Waals surface area contributed by atoms with Crippen molar-refractivity contribution in [2.75, 3.05) is 13.1 Å². The van der Waals surface area contributed by atoms with Crippen molar-refractivity contribution in [3.8, 4) is 11.4 Å². The zero-order valence-electron chi connectivity index (χ0n) is 13.6. The zero-order chi connectivity index (χ0) is 15.8. The average Bonchev–Trinajstić information content (AvgIpc) is 3.10. The largest absolute Gasteiger partial charge is 0.465 e. The molecule has 1 saturated heterocycles. The molecule has 4 heteroatoms. The molecular weight excluding hydrogens is 286 g/mol. The van der Waals surface area contributed by atoms with Gasteiger partial charge in [0.1, 0.15) is 17.3 Å². The van der Waals surface area contributed by atoms with Gasteiger partial charge in [0.05, 0.1) is 12.6 Å². The first-order chi connectivity index (χ1) is 11.2. The molecule has 23 heavy (non-hydrogen) atoms. The summed E-state index contributed by atoms with van der Waals surface area (Å²) in [7, 11) is 0. The normalized spacial score (nSPS) is 15.7. The van der Waals surface area contributed by atoms with Crippen molar-refractivity contribution in [3.63, 3.8) is 0 Å². The van der Waals surface area contributed by atoms with Crippen LogP contribution in [0.15, 0.2) is 53.1 Å². The van der Waals surface area contributed by atoms with Gasteiger partial charge >= 0.3 is 0 Å². The Kier molecular flexibility index (Phi) is 3.54. The van der Waals surface area contributed by atoms with E-state index < -0.39 is 0 Å². The van der Waals surface area contributed by atoms with Crippen LogP contribution in [0.3, 0.4) is 0 Å². The minimum Gasteiger partial charge on any atom is -0.465 e. The maximum atomic E-state index is 5.67. The Bertz CT molecular complexity index is 797. The van der Waals surface area contributed by atoms with Crippen molar-refractivity contribution in [2.24, 2.45) is 0 Å². The van der Waals surface area contributed by atoms with E-state index in [9.17, 15) is 0 Å². The van der Waals surface area contributed by atoms with Crippen LogP contribution in [-0.2, 0) is 6.54 Å². The number of rotatable bonds is 4. The van der Waals surface area contributed by atoms with Gasteiger partial charge < -0.3 is 8.98 Å². The quantitative estimate of drug-likeness (QED) is 0.735. The highest BCUT2D eigenvalue weighted by Crippen LogP contribution is 2.30. The fourth-order valence-corrected chi connectivity index (χ4v) is 3.33. The summed E-state index contributed by atoms with van der Waals surface area (Å²) < 4.78 is 8.05. The number of benzene rings is 1. The van der Waals surface area contributed by atoms with Gasteiger partial charge in [-0.2, -0.15) is 0 Å². The lowest BCUT2D eigenvalue weighted by molar-refractivity contribution is 0.0904. The van der Waals surface area contributed by atoms with E-state index in [0.717, 1.165) is 37.0 Å². The fourth-order valence-electron chi connectivity index (χ4n) is 3.33. The second kappa shape index (κ2) is 5.70. The number of furan rings is 1. The van der Waals surface area contributed by atoms with Crippen LogP contribution < -0.4 is 0 Å². The number of hydrogen-bond donors (Lipinski definition) is 0. The van der Waals surface area contributed by atoms with E-state index in [1.807, 2.05) is 25.3 Å². The van der Waals surface area contributed by atoms with Gasteiger partial charge in [-0.05, 0) is 26.0 Å². The lowest BCUT2D eigenvalue weighted by atomic mass is 10.1. The van der Waals surface area contributed by atoms with Crippen molar-refractivity contribution in [3.05, 3.63) is 65.9 Å². The number of likely N-dealkylation sites (tertiary alicyclic amines) is 1. The molecule has 3 aromatic rings. The summed E-state index contributed by atoms with van der Waals surface area (Å²) in [6.45, 7) is 7.09. The van der Waals surface area contributed by atoms with E-state index in [4.69, 9.17) is 4.42 Å². The lowest BCUT2D eigenvalue weighted by Crippen LogP contribution is -2.47. The highest BCUT2D eigenvalue weighted by Gasteiger charge is 2.31. The predicted octanol–water partition coefficient (Wildman–Crippen LogP) is 3.82. The second-order valence-corrected chi connectivity index (χ2v) is 6.32. The highest BCUT2D eigenvalue weighted by atomic mass is 16.3. The lowest BCUT2D eigenvalue weighted by Gasteiger charge is -2.40. The third-order valence-corrected chi connectivity index (χ3v) is 4.49. The van der Waals surface area contributed by atoms with E-state index in [2.05, 4.69) is 51.7 Å². The van der Waals surface area contributed by atoms with Crippen LogP contribution in [-0.4, -0.2) is 27.5 Å². The van der Waals surface area contributed by atoms with Gasteiger partial charge in [-0.25, -0.2) is 4.98 Å². The zero-order valence-corrected chi connectivity index (χ0v) is 13.6. The maximum Gasteiger partial charge on any atom is 0.140 e. The van der Waals surface area contributed by atoms with Gasteiger partial charge in [0.25, 0.3) is 0 Å². The second-order valence-electron chi connectivity index (χ2n) is 6.32. The molecule has 118 valence electrons. The number of imidazole rings is 1. The van der Waals surface area contributed by atoms with Gasteiger partial charge in [0.2, 0.25) is 0 Å². The molecule has 0 atom stereocenters. The molecule has 0 radical (unpaired) electrons. The molecule has 1 aliphatic heterocycles. The average molecular weight is 307 g/mol. The smallest absolute Gasteiger partial charge is 0.140 e. The summed E-state index contributed by atoms with van der Waals surface area (Å²) in [6.07, 6.45) is 1.97. The summed E-state index contributed by atoms with van der Waals surface area (Å²) in [5.74, 6) is 3.10. The van der Waals surface area contributed by atoms with Crippen molar-refractivity contribution < 1.29 is 4.42 Å². The van der Waals surface area contributed by atoms with Gasteiger partial charge in [-0.15, -0.1) is 0 Å². The number of aryl methyl sites for hydroxylation is 2. The van der Waals surface area contributed by atoms with Gasteiger partial charge in [-0.3, -0.25) is 4.90 Å². The molecule has 0 saturated carbocycles. The maximum absolute atomic E-state index is 5.67. The summed E-state index contributed by atoms with van der Waals surface area (Å²) in [6, 6.07) is 15.0. The van der Waals surface area contributed by atoms with Gasteiger partial charge in [0.15, 0.2) is 0 Å². The summed E-state index contributed by atoms with van der Waals surface area (Å²) >= 11 is 0. The van der Waals surface area contributed by atoms with Crippen molar-refractivity contribution >= 4 is 0 Å². The molecule has 1 aromatic carbocycles. The number of nitrogens with zero attached hydrogens (tertiary/aromatic N) is 3. The van der Waals surface area contributed by atoms with Crippen LogP contribution in [0.25, 0.3) is 11.4 Å². The minimum absolute atomic E-state index is 0.490. The Morgan fingerprint density at radius 2 is 1.87 bits per heavy atom. The first kappa shape index (κ1) is 14.3. The SMILES string of the molecule is Cc1ccc(CN2CC(n3c(C)cnc3-c3ccccc3)C2)o1. The van der Waals surface area contributed by atoms with Crippen LogP contribution in [0, 0.1) is 13.8 Å². The molecule has 1 fully saturated rings. The van der Waals surface area contributed by atoms with Crippen LogP contribution in [0.2, 0.25) is 0 Å². The Labute approximate surface area is 136 Å². The molecule has 0 amide bonds. The summed E-state index contributed by atoms with van der Waals surface area (Å²) in [4.78, 5) is 7.04. The molecule has 3 heterocycles. The summed E-state index contributed by atoms with van der Waals surface area (Å²) in [5, 5.41) is 0. The standard InChI is InChI=1S/C19H21N3O/c1-14-10-20-19(16-6-4-3-5-7-16)22(14)17-11-21(12-17)13-18-9-8-15(2)23-18/h3-10,17H,11-13H2,1-2H3. The first-order valence-corrected chi connectivity index (χ1v) is 8.07. The molecule has 4 nitrogen and oxygen atoms in total. The first-order valence-electron chi connectivity index (χ1n) is 8.07. The van der Waals surface area contributed by atoms with Crippen LogP contribution in [0.5, 0.6) is 0 Å².